The Bertz CT molecular complexity index is 1220. The normalized spacial score (nSPS) is 13.6. The Morgan fingerprint density at radius 3 is 2.33 bits per heavy atom. The number of methoxy groups -OCH3 is 2. The Labute approximate surface area is 190 Å². The third-order valence-corrected chi connectivity index (χ3v) is 5.48. The molecular formula is C24H25N3O6. The first kappa shape index (κ1) is 22.3. The largest absolute Gasteiger partial charge is 0.497 e. The lowest BCUT2D eigenvalue weighted by molar-refractivity contribution is -0.116. The first-order valence-corrected chi connectivity index (χ1v) is 10.5. The number of amides is 2. The topological polar surface area (TPSA) is 99.1 Å². The molecule has 1 aromatic heterocycles. The predicted octanol–water partition coefficient (Wildman–Crippen LogP) is 2.13. The fraction of sp³-hybridized carbons (Fsp3) is 0.292. The summed E-state index contributed by atoms with van der Waals surface area (Å²) in [6, 6.07) is 13.4. The number of aromatic nitrogens is 1. The summed E-state index contributed by atoms with van der Waals surface area (Å²) in [5, 5.41) is 3.39. The fourth-order valence-corrected chi connectivity index (χ4v) is 3.84. The van der Waals surface area contributed by atoms with E-state index in [4.69, 9.17) is 14.2 Å². The van der Waals surface area contributed by atoms with E-state index in [1.54, 1.807) is 47.4 Å². The summed E-state index contributed by atoms with van der Waals surface area (Å²) < 4.78 is 17.1. The van der Waals surface area contributed by atoms with Crippen LogP contribution < -0.4 is 20.3 Å². The Balaban J connectivity index is 1.64. The van der Waals surface area contributed by atoms with Crippen LogP contribution in [0, 0.1) is 0 Å². The molecule has 4 rings (SSSR count). The number of rotatable bonds is 6. The summed E-state index contributed by atoms with van der Waals surface area (Å²) in [5.41, 5.74) is 0.892. The van der Waals surface area contributed by atoms with Gasteiger partial charge in [-0.3, -0.25) is 19.0 Å². The van der Waals surface area contributed by atoms with E-state index in [1.807, 2.05) is 0 Å². The number of carbonyl (C=O) groups excluding carboxylic acids is 2. The van der Waals surface area contributed by atoms with Crippen molar-refractivity contribution in [2.45, 2.75) is 6.54 Å². The van der Waals surface area contributed by atoms with Gasteiger partial charge in [-0.2, -0.15) is 0 Å². The summed E-state index contributed by atoms with van der Waals surface area (Å²) in [6.45, 7) is 1.67. The van der Waals surface area contributed by atoms with Crippen molar-refractivity contribution >= 4 is 28.4 Å². The van der Waals surface area contributed by atoms with Crippen LogP contribution in [0.3, 0.4) is 0 Å². The number of nitrogens with zero attached hydrogens (tertiary/aromatic N) is 2. The van der Waals surface area contributed by atoms with Gasteiger partial charge in [0.15, 0.2) is 0 Å². The van der Waals surface area contributed by atoms with E-state index in [-0.39, 0.29) is 12.5 Å². The number of fused-ring (bicyclic) bond motifs is 1. The maximum Gasteiger partial charge on any atom is 0.254 e. The summed E-state index contributed by atoms with van der Waals surface area (Å²) in [4.78, 5) is 40.5. The van der Waals surface area contributed by atoms with Gasteiger partial charge in [-0.05, 0) is 6.07 Å². The predicted molar refractivity (Wildman–Crippen MR) is 123 cm³/mol. The van der Waals surface area contributed by atoms with E-state index in [1.165, 1.54) is 24.9 Å². The van der Waals surface area contributed by atoms with Crippen LogP contribution in [0.25, 0.3) is 10.9 Å². The lowest BCUT2D eigenvalue weighted by Crippen LogP contribution is -2.41. The van der Waals surface area contributed by atoms with Crippen molar-refractivity contribution in [1.82, 2.24) is 9.47 Å². The number of benzene rings is 2. The molecule has 1 N–H and O–H groups in total. The Kier molecular flexibility index (Phi) is 6.60. The van der Waals surface area contributed by atoms with Crippen LogP contribution in [-0.2, 0) is 16.1 Å². The molecule has 1 saturated heterocycles. The van der Waals surface area contributed by atoms with Crippen LogP contribution in [0.5, 0.6) is 11.5 Å². The third kappa shape index (κ3) is 4.83. The molecule has 2 heterocycles. The smallest absolute Gasteiger partial charge is 0.254 e. The van der Waals surface area contributed by atoms with E-state index in [0.29, 0.717) is 60.0 Å². The quantitative estimate of drug-likeness (QED) is 0.617. The van der Waals surface area contributed by atoms with Crippen molar-refractivity contribution in [3.8, 4) is 11.5 Å². The molecule has 1 aliphatic rings. The highest BCUT2D eigenvalue weighted by molar-refractivity contribution is 6.06. The lowest BCUT2D eigenvalue weighted by Gasteiger charge is -2.27. The third-order valence-electron chi connectivity index (χ3n) is 5.48. The minimum absolute atomic E-state index is 0.216. The number of nitrogens with one attached hydrogen (secondary N) is 1. The maximum absolute atomic E-state index is 13.1. The number of anilines is 1. The molecule has 0 spiro atoms. The van der Waals surface area contributed by atoms with Gasteiger partial charge in [-0.15, -0.1) is 0 Å². The second kappa shape index (κ2) is 9.74. The molecular weight excluding hydrogens is 426 g/mol. The average Bonchev–Trinajstić information content (AvgIpc) is 2.85. The molecule has 2 aromatic carbocycles. The van der Waals surface area contributed by atoms with Crippen molar-refractivity contribution < 1.29 is 23.8 Å². The van der Waals surface area contributed by atoms with Crippen molar-refractivity contribution in [3.63, 3.8) is 0 Å². The molecule has 0 saturated carbocycles. The Morgan fingerprint density at radius 2 is 1.67 bits per heavy atom. The molecule has 1 fully saturated rings. The van der Waals surface area contributed by atoms with Crippen LogP contribution in [0.4, 0.5) is 5.69 Å². The molecule has 1 aliphatic heterocycles. The number of morpholine rings is 1. The first-order chi connectivity index (χ1) is 16.0. The van der Waals surface area contributed by atoms with Gasteiger partial charge in [0.25, 0.3) is 11.5 Å². The second-order valence-electron chi connectivity index (χ2n) is 7.55. The van der Waals surface area contributed by atoms with Gasteiger partial charge in [0.1, 0.15) is 18.0 Å². The Morgan fingerprint density at radius 1 is 1.00 bits per heavy atom. The molecule has 0 bridgehead atoms. The molecule has 0 atom stereocenters. The number of pyridine rings is 1. The van der Waals surface area contributed by atoms with Crippen molar-refractivity contribution in [3.05, 3.63) is 64.4 Å². The van der Waals surface area contributed by atoms with Crippen molar-refractivity contribution in [2.75, 3.05) is 45.8 Å². The van der Waals surface area contributed by atoms with Crippen molar-refractivity contribution in [1.29, 1.82) is 0 Å². The molecule has 0 aliphatic carbocycles. The van der Waals surface area contributed by atoms with Crippen LogP contribution in [0.1, 0.15) is 10.4 Å². The van der Waals surface area contributed by atoms with E-state index in [0.717, 1.165) is 0 Å². The minimum atomic E-state index is -0.427. The molecule has 9 nitrogen and oxygen atoms in total. The van der Waals surface area contributed by atoms with Crippen LogP contribution in [0.15, 0.2) is 53.3 Å². The maximum atomic E-state index is 13.1. The highest BCUT2D eigenvalue weighted by Crippen LogP contribution is 2.26. The molecule has 3 aromatic rings. The van der Waals surface area contributed by atoms with Crippen molar-refractivity contribution in [2.24, 2.45) is 0 Å². The van der Waals surface area contributed by atoms with Crippen LogP contribution in [0.2, 0.25) is 0 Å². The minimum Gasteiger partial charge on any atom is -0.497 e. The highest BCUT2D eigenvalue weighted by Gasteiger charge is 2.22. The summed E-state index contributed by atoms with van der Waals surface area (Å²) in [6.07, 6.45) is 0. The van der Waals surface area contributed by atoms with Gasteiger partial charge in [-0.25, -0.2) is 0 Å². The van der Waals surface area contributed by atoms with Gasteiger partial charge in [-0.1, -0.05) is 18.2 Å². The summed E-state index contributed by atoms with van der Waals surface area (Å²) >= 11 is 0. The van der Waals surface area contributed by atoms with E-state index in [9.17, 15) is 14.4 Å². The zero-order valence-electron chi connectivity index (χ0n) is 18.5. The number of ether oxygens (including phenoxy) is 3. The van der Waals surface area contributed by atoms with Gasteiger partial charge >= 0.3 is 0 Å². The SMILES string of the molecule is COc1cc(NC(=O)Cn2c(=O)cc(C(=O)N3CCOCC3)c3ccccc32)cc(OC)c1. The number of carbonyl (C=O) groups is 2. The van der Waals surface area contributed by atoms with E-state index in [2.05, 4.69) is 5.32 Å². The van der Waals surface area contributed by atoms with Gasteiger partial charge in [0.05, 0.1) is 38.5 Å². The number of hydrogen-bond acceptors (Lipinski definition) is 6. The molecule has 9 heteroatoms. The molecule has 33 heavy (non-hydrogen) atoms. The van der Waals surface area contributed by atoms with Crippen LogP contribution >= 0.6 is 0 Å². The molecule has 2 amide bonds. The van der Waals surface area contributed by atoms with E-state index >= 15 is 0 Å². The Hall–Kier alpha value is -3.85. The first-order valence-electron chi connectivity index (χ1n) is 10.5. The second-order valence-corrected chi connectivity index (χ2v) is 7.55. The lowest BCUT2D eigenvalue weighted by atomic mass is 10.1. The zero-order valence-corrected chi connectivity index (χ0v) is 18.5. The summed E-state index contributed by atoms with van der Waals surface area (Å²) in [5.74, 6) is 0.438. The monoisotopic (exact) mass is 451 g/mol. The van der Waals surface area contributed by atoms with Gasteiger partial charge in [0, 0.05) is 48.4 Å². The standard InChI is InChI=1S/C24H25N3O6/c1-31-17-11-16(12-18(13-17)32-2)25-22(28)15-27-21-6-4-3-5-19(21)20(14-23(27)29)24(30)26-7-9-33-10-8-26/h3-6,11-14H,7-10,15H2,1-2H3,(H,25,28). The fourth-order valence-electron chi connectivity index (χ4n) is 3.84. The van der Waals surface area contributed by atoms with E-state index < -0.39 is 11.5 Å². The molecule has 172 valence electrons. The average molecular weight is 451 g/mol. The van der Waals surface area contributed by atoms with Crippen LogP contribution in [-0.4, -0.2) is 61.8 Å². The van der Waals surface area contributed by atoms with Gasteiger partial charge in [0.2, 0.25) is 5.91 Å². The number of hydrogen-bond donors (Lipinski definition) is 1. The molecule has 0 radical (unpaired) electrons. The number of para-hydroxylation sites is 1. The highest BCUT2D eigenvalue weighted by atomic mass is 16.5. The van der Waals surface area contributed by atoms with Gasteiger partial charge < -0.3 is 24.4 Å². The summed E-state index contributed by atoms with van der Waals surface area (Å²) in [7, 11) is 3.04. The zero-order chi connectivity index (χ0) is 23.4. The molecule has 0 unspecified atom stereocenters.